The minimum atomic E-state index is -0.923. The average Bonchev–Trinajstić information content (AvgIpc) is 2.27. The molecule has 0 aliphatic rings. The molecule has 0 spiro atoms. The van der Waals surface area contributed by atoms with E-state index < -0.39 is 5.97 Å². The Balaban J connectivity index is 2.47. The fraction of sp³-hybridized carbons (Fsp3) is 0.429. The minimum absolute atomic E-state index is 0.0672. The van der Waals surface area contributed by atoms with E-state index in [9.17, 15) is 9.59 Å². The summed E-state index contributed by atoms with van der Waals surface area (Å²) in [6.07, 6.45) is 0.233. The molecule has 104 valence electrons. The summed E-state index contributed by atoms with van der Waals surface area (Å²) in [5.41, 5.74) is 0.839. The van der Waals surface area contributed by atoms with E-state index in [1.165, 1.54) is 0 Å². The molecule has 1 amide bonds. The van der Waals surface area contributed by atoms with Crippen LogP contribution in [0.5, 0.6) is 5.75 Å². The van der Waals surface area contributed by atoms with Gasteiger partial charge in [0.15, 0.2) is 0 Å². The molecule has 5 heteroatoms. The molecule has 0 aliphatic heterocycles. The molecule has 1 aromatic rings. The quantitative estimate of drug-likeness (QED) is 0.785. The zero-order valence-electron chi connectivity index (χ0n) is 11.2. The lowest BCUT2D eigenvalue weighted by atomic mass is 10.1. The van der Waals surface area contributed by atoms with Crippen LogP contribution in [0.2, 0.25) is 0 Å². The molecule has 2 N–H and O–H groups in total. The van der Waals surface area contributed by atoms with Crippen LogP contribution >= 0.6 is 0 Å². The molecule has 1 aromatic carbocycles. The van der Waals surface area contributed by atoms with Crippen molar-refractivity contribution in [1.29, 1.82) is 0 Å². The molecule has 0 bridgehead atoms. The van der Waals surface area contributed by atoms with Crippen molar-refractivity contribution in [2.24, 2.45) is 0 Å². The van der Waals surface area contributed by atoms with Crippen LogP contribution in [0, 0.1) is 0 Å². The molecule has 0 fully saturated rings. The summed E-state index contributed by atoms with van der Waals surface area (Å²) in [7, 11) is 0. The number of carboxylic acids is 1. The van der Waals surface area contributed by atoms with E-state index in [2.05, 4.69) is 5.32 Å². The zero-order valence-corrected chi connectivity index (χ0v) is 11.2. The summed E-state index contributed by atoms with van der Waals surface area (Å²) >= 11 is 0. The number of hydrogen-bond donors (Lipinski definition) is 2. The zero-order chi connectivity index (χ0) is 14.3. The number of benzene rings is 1. The van der Waals surface area contributed by atoms with Gasteiger partial charge >= 0.3 is 5.97 Å². The standard InChI is InChI=1S/C14H19NO4/c1-10(2)19-12-5-3-4-11(8-12)9-13(16)15-7-6-14(17)18/h3-5,8,10H,6-7,9H2,1-2H3,(H,15,16)(H,17,18). The van der Waals surface area contributed by atoms with Gasteiger partial charge in [-0.1, -0.05) is 12.1 Å². The maximum Gasteiger partial charge on any atom is 0.305 e. The Kier molecular flexibility index (Phi) is 5.85. The van der Waals surface area contributed by atoms with E-state index in [0.29, 0.717) is 0 Å². The highest BCUT2D eigenvalue weighted by Gasteiger charge is 2.06. The van der Waals surface area contributed by atoms with Gasteiger partial charge in [-0.15, -0.1) is 0 Å². The van der Waals surface area contributed by atoms with Crippen LogP contribution < -0.4 is 10.1 Å². The van der Waals surface area contributed by atoms with Gasteiger partial charge in [0.25, 0.3) is 0 Å². The van der Waals surface area contributed by atoms with Gasteiger partial charge in [0, 0.05) is 6.54 Å². The van der Waals surface area contributed by atoms with E-state index in [0.717, 1.165) is 11.3 Å². The third-order valence-electron chi connectivity index (χ3n) is 2.30. The average molecular weight is 265 g/mol. The number of rotatable bonds is 7. The summed E-state index contributed by atoms with van der Waals surface area (Å²) in [5, 5.41) is 11.0. The van der Waals surface area contributed by atoms with E-state index in [4.69, 9.17) is 9.84 Å². The first-order chi connectivity index (χ1) is 8.97. The molecular weight excluding hydrogens is 246 g/mol. The molecule has 0 aromatic heterocycles. The highest BCUT2D eigenvalue weighted by atomic mass is 16.5. The third-order valence-corrected chi connectivity index (χ3v) is 2.30. The third kappa shape index (κ3) is 6.45. The van der Waals surface area contributed by atoms with Crippen LogP contribution in [0.25, 0.3) is 0 Å². The fourth-order valence-corrected chi connectivity index (χ4v) is 1.56. The summed E-state index contributed by atoms with van der Waals surface area (Å²) < 4.78 is 5.54. The van der Waals surface area contributed by atoms with E-state index in [-0.39, 0.29) is 31.4 Å². The normalized spacial score (nSPS) is 10.3. The second kappa shape index (κ2) is 7.41. The van der Waals surface area contributed by atoms with Crippen molar-refractivity contribution < 1.29 is 19.4 Å². The molecule has 19 heavy (non-hydrogen) atoms. The maximum absolute atomic E-state index is 11.6. The van der Waals surface area contributed by atoms with Gasteiger partial charge in [0.2, 0.25) is 5.91 Å². The number of hydrogen-bond acceptors (Lipinski definition) is 3. The van der Waals surface area contributed by atoms with Gasteiger partial charge in [-0.25, -0.2) is 0 Å². The number of aliphatic carboxylic acids is 1. The number of ether oxygens (including phenoxy) is 1. The van der Waals surface area contributed by atoms with Crippen LogP contribution in [-0.2, 0) is 16.0 Å². The smallest absolute Gasteiger partial charge is 0.305 e. The Morgan fingerprint density at radius 1 is 1.37 bits per heavy atom. The molecule has 0 saturated heterocycles. The molecular formula is C14H19NO4. The van der Waals surface area contributed by atoms with Crippen molar-refractivity contribution in [3.8, 4) is 5.75 Å². The lowest BCUT2D eigenvalue weighted by Crippen LogP contribution is -2.27. The number of amides is 1. The molecule has 1 rings (SSSR count). The summed E-state index contributed by atoms with van der Waals surface area (Å²) in [5.74, 6) is -0.388. The monoisotopic (exact) mass is 265 g/mol. The van der Waals surface area contributed by atoms with Gasteiger partial charge < -0.3 is 15.2 Å². The largest absolute Gasteiger partial charge is 0.491 e. The maximum atomic E-state index is 11.6. The molecule has 0 unspecified atom stereocenters. The van der Waals surface area contributed by atoms with E-state index in [1.54, 1.807) is 0 Å². The van der Waals surface area contributed by atoms with Gasteiger partial charge in [-0.05, 0) is 31.5 Å². The summed E-state index contributed by atoms with van der Waals surface area (Å²) in [4.78, 5) is 21.9. The number of carbonyl (C=O) groups is 2. The van der Waals surface area contributed by atoms with Gasteiger partial charge in [-0.3, -0.25) is 9.59 Å². The van der Waals surface area contributed by atoms with Crippen molar-refractivity contribution in [2.75, 3.05) is 6.54 Å². The first kappa shape index (κ1) is 15.0. The van der Waals surface area contributed by atoms with Gasteiger partial charge in [-0.2, -0.15) is 0 Å². The van der Waals surface area contributed by atoms with Crippen LogP contribution in [0.3, 0.4) is 0 Å². The van der Waals surface area contributed by atoms with Crippen LogP contribution in [0.4, 0.5) is 0 Å². The van der Waals surface area contributed by atoms with Crippen LogP contribution in [0.15, 0.2) is 24.3 Å². The van der Waals surface area contributed by atoms with E-state index >= 15 is 0 Å². The Bertz CT molecular complexity index is 443. The topological polar surface area (TPSA) is 75.6 Å². The molecule has 0 atom stereocenters. The lowest BCUT2D eigenvalue weighted by Gasteiger charge is -2.10. The molecule has 0 radical (unpaired) electrons. The van der Waals surface area contributed by atoms with Gasteiger partial charge in [0.05, 0.1) is 18.9 Å². The Hall–Kier alpha value is -2.04. The second-order valence-corrected chi connectivity index (χ2v) is 4.48. The summed E-state index contributed by atoms with van der Waals surface area (Å²) in [6, 6.07) is 7.32. The number of carbonyl (C=O) groups excluding carboxylic acids is 1. The van der Waals surface area contributed by atoms with Crippen molar-refractivity contribution in [3.63, 3.8) is 0 Å². The molecule has 0 heterocycles. The fourth-order valence-electron chi connectivity index (χ4n) is 1.56. The van der Waals surface area contributed by atoms with Crippen molar-refractivity contribution in [1.82, 2.24) is 5.32 Å². The second-order valence-electron chi connectivity index (χ2n) is 4.48. The first-order valence-corrected chi connectivity index (χ1v) is 6.21. The van der Waals surface area contributed by atoms with Crippen LogP contribution in [-0.4, -0.2) is 29.6 Å². The predicted octanol–water partition coefficient (Wildman–Crippen LogP) is 1.61. The first-order valence-electron chi connectivity index (χ1n) is 6.21. The van der Waals surface area contributed by atoms with E-state index in [1.807, 2.05) is 38.1 Å². The summed E-state index contributed by atoms with van der Waals surface area (Å²) in [6.45, 7) is 4.02. The Morgan fingerprint density at radius 2 is 2.11 bits per heavy atom. The Morgan fingerprint density at radius 3 is 2.74 bits per heavy atom. The molecule has 5 nitrogen and oxygen atoms in total. The number of nitrogens with one attached hydrogen (secondary N) is 1. The minimum Gasteiger partial charge on any atom is -0.491 e. The van der Waals surface area contributed by atoms with Crippen LogP contribution in [0.1, 0.15) is 25.8 Å². The molecule has 0 saturated carbocycles. The lowest BCUT2D eigenvalue weighted by molar-refractivity contribution is -0.136. The predicted molar refractivity (Wildman–Crippen MR) is 71.2 cm³/mol. The SMILES string of the molecule is CC(C)Oc1cccc(CC(=O)NCCC(=O)O)c1. The number of carboxylic acid groups (broad SMARTS) is 1. The highest BCUT2D eigenvalue weighted by molar-refractivity contribution is 5.79. The Labute approximate surface area is 112 Å². The molecule has 0 aliphatic carbocycles. The highest BCUT2D eigenvalue weighted by Crippen LogP contribution is 2.15. The van der Waals surface area contributed by atoms with Crippen molar-refractivity contribution in [2.45, 2.75) is 32.8 Å². The van der Waals surface area contributed by atoms with Gasteiger partial charge in [0.1, 0.15) is 5.75 Å². The van der Waals surface area contributed by atoms with Crippen molar-refractivity contribution in [3.05, 3.63) is 29.8 Å². The van der Waals surface area contributed by atoms with Crippen molar-refractivity contribution >= 4 is 11.9 Å².